The van der Waals surface area contributed by atoms with Crippen molar-refractivity contribution in [3.05, 3.63) is 41.4 Å². The third-order valence-corrected chi connectivity index (χ3v) is 4.24. The Morgan fingerprint density at radius 3 is 2.84 bits per heavy atom. The number of aryl methyl sites for hydroxylation is 1. The van der Waals surface area contributed by atoms with Crippen LogP contribution in [0.1, 0.15) is 44.6 Å². The van der Waals surface area contributed by atoms with E-state index >= 15 is 0 Å². The molecule has 1 aromatic rings. The van der Waals surface area contributed by atoms with E-state index in [1.165, 1.54) is 24.8 Å². The first-order valence-electron chi connectivity index (χ1n) is 7.26. The monoisotopic (exact) mass is 278 g/mol. The van der Waals surface area contributed by atoms with Gasteiger partial charge in [0.1, 0.15) is 11.9 Å². The molecule has 19 heavy (non-hydrogen) atoms. The number of ether oxygens (including phenoxy) is 1. The number of hydrogen-bond acceptors (Lipinski definition) is 1. The van der Waals surface area contributed by atoms with Gasteiger partial charge in [0.05, 0.1) is 5.02 Å². The molecule has 2 rings (SSSR count). The highest BCUT2D eigenvalue weighted by atomic mass is 35.5. The van der Waals surface area contributed by atoms with E-state index in [2.05, 4.69) is 19.6 Å². The van der Waals surface area contributed by atoms with Gasteiger partial charge in [-0.15, -0.1) is 6.58 Å². The Balaban J connectivity index is 2.01. The van der Waals surface area contributed by atoms with Gasteiger partial charge < -0.3 is 4.74 Å². The smallest absolute Gasteiger partial charge is 0.138 e. The largest absolute Gasteiger partial charge is 0.489 e. The topological polar surface area (TPSA) is 9.23 Å². The Hall–Kier alpha value is -0.950. The van der Waals surface area contributed by atoms with Crippen molar-refractivity contribution in [3.8, 4) is 5.75 Å². The molecule has 2 heteroatoms. The molecule has 104 valence electrons. The zero-order valence-corrected chi connectivity index (χ0v) is 12.5. The zero-order valence-electron chi connectivity index (χ0n) is 11.7. The van der Waals surface area contributed by atoms with Crippen molar-refractivity contribution in [3.63, 3.8) is 0 Å². The van der Waals surface area contributed by atoms with Gasteiger partial charge >= 0.3 is 0 Å². The van der Waals surface area contributed by atoms with Crippen molar-refractivity contribution < 1.29 is 4.74 Å². The maximum Gasteiger partial charge on any atom is 0.138 e. The van der Waals surface area contributed by atoms with Crippen molar-refractivity contribution in [1.82, 2.24) is 0 Å². The van der Waals surface area contributed by atoms with Crippen LogP contribution < -0.4 is 4.74 Å². The zero-order chi connectivity index (χ0) is 13.7. The maximum absolute atomic E-state index is 6.32. The van der Waals surface area contributed by atoms with E-state index in [4.69, 9.17) is 16.3 Å². The van der Waals surface area contributed by atoms with E-state index in [0.29, 0.717) is 12.0 Å². The van der Waals surface area contributed by atoms with Crippen LogP contribution in [0, 0.1) is 5.92 Å². The summed E-state index contributed by atoms with van der Waals surface area (Å²) < 4.78 is 6.11. The Bertz CT molecular complexity index is 427. The number of allylic oxidation sites excluding steroid dienone is 1. The Kier molecular flexibility index (Phi) is 5.33. The third-order valence-electron chi connectivity index (χ3n) is 3.94. The van der Waals surface area contributed by atoms with Gasteiger partial charge in [-0.1, -0.05) is 37.1 Å². The predicted octanol–water partition coefficient (Wildman–Crippen LogP) is 5.42. The molecular weight excluding hydrogens is 256 g/mol. The normalized spacial score (nSPS) is 23.1. The standard InChI is InChI=1S/C17H23ClO/c1-3-4-8-14-10-11-17(15(18)12-14)19-16-9-6-5-7-13(16)2/h3,10-13,16H,1,4-9H2,2H3/t13-,16-/m1/s1. The summed E-state index contributed by atoms with van der Waals surface area (Å²) in [6.07, 6.45) is 9.24. The third kappa shape index (κ3) is 4.01. The summed E-state index contributed by atoms with van der Waals surface area (Å²) in [7, 11) is 0. The molecule has 0 N–H and O–H groups in total. The number of hydrogen-bond donors (Lipinski definition) is 0. The van der Waals surface area contributed by atoms with Gasteiger partial charge in [0.2, 0.25) is 0 Å². The maximum atomic E-state index is 6.32. The van der Waals surface area contributed by atoms with Gasteiger partial charge in [0, 0.05) is 0 Å². The van der Waals surface area contributed by atoms with E-state index < -0.39 is 0 Å². The molecule has 0 heterocycles. The van der Waals surface area contributed by atoms with Gasteiger partial charge in [0.25, 0.3) is 0 Å². The molecule has 1 aliphatic rings. The SMILES string of the molecule is C=CCCc1ccc(O[C@@H]2CCCC[C@H]2C)c(Cl)c1. The fourth-order valence-corrected chi connectivity index (χ4v) is 2.93. The van der Waals surface area contributed by atoms with Crippen LogP contribution in [0.15, 0.2) is 30.9 Å². The van der Waals surface area contributed by atoms with Crippen molar-refractivity contribution in [2.24, 2.45) is 5.92 Å². The molecule has 0 saturated heterocycles. The molecule has 1 aromatic carbocycles. The summed E-state index contributed by atoms with van der Waals surface area (Å²) >= 11 is 6.32. The highest BCUT2D eigenvalue weighted by Gasteiger charge is 2.23. The van der Waals surface area contributed by atoms with E-state index in [1.807, 2.05) is 18.2 Å². The van der Waals surface area contributed by atoms with Crippen LogP contribution >= 0.6 is 11.6 Å². The second-order valence-electron chi connectivity index (χ2n) is 5.51. The van der Waals surface area contributed by atoms with Crippen LogP contribution in [0.5, 0.6) is 5.75 Å². The summed E-state index contributed by atoms with van der Waals surface area (Å²) in [5, 5.41) is 0.735. The van der Waals surface area contributed by atoms with E-state index in [9.17, 15) is 0 Å². The highest BCUT2D eigenvalue weighted by molar-refractivity contribution is 6.32. The molecule has 0 radical (unpaired) electrons. The molecular formula is C17H23ClO. The number of halogens is 1. The molecule has 0 unspecified atom stereocenters. The molecule has 1 nitrogen and oxygen atoms in total. The second-order valence-corrected chi connectivity index (χ2v) is 5.92. The van der Waals surface area contributed by atoms with E-state index in [0.717, 1.165) is 30.0 Å². The fraction of sp³-hybridized carbons (Fsp3) is 0.529. The summed E-state index contributed by atoms with van der Waals surface area (Å²) in [6.45, 7) is 6.02. The average molecular weight is 279 g/mol. The van der Waals surface area contributed by atoms with Gasteiger partial charge in [0.15, 0.2) is 0 Å². The summed E-state index contributed by atoms with van der Waals surface area (Å²) in [4.78, 5) is 0. The molecule has 0 aliphatic heterocycles. The minimum atomic E-state index is 0.324. The van der Waals surface area contributed by atoms with E-state index in [-0.39, 0.29) is 0 Å². The summed E-state index contributed by atoms with van der Waals surface area (Å²) in [5.41, 5.74) is 1.24. The highest BCUT2D eigenvalue weighted by Crippen LogP contribution is 2.32. The number of benzene rings is 1. The summed E-state index contributed by atoms with van der Waals surface area (Å²) in [5.74, 6) is 1.47. The molecule has 1 aliphatic carbocycles. The molecule has 1 fully saturated rings. The summed E-state index contributed by atoms with van der Waals surface area (Å²) in [6, 6.07) is 6.15. The lowest BCUT2D eigenvalue weighted by Gasteiger charge is -2.29. The van der Waals surface area contributed by atoms with E-state index in [1.54, 1.807) is 0 Å². The van der Waals surface area contributed by atoms with Crippen LogP contribution in [-0.2, 0) is 6.42 Å². The van der Waals surface area contributed by atoms with Crippen LogP contribution in [0.25, 0.3) is 0 Å². The van der Waals surface area contributed by atoms with Gasteiger partial charge in [-0.05, 0) is 55.7 Å². The molecule has 2 atom stereocenters. The quantitative estimate of drug-likeness (QED) is 0.654. The predicted molar refractivity (Wildman–Crippen MR) is 82.0 cm³/mol. The first-order chi connectivity index (χ1) is 9.20. The van der Waals surface area contributed by atoms with Crippen LogP contribution in [0.2, 0.25) is 5.02 Å². The second kappa shape index (κ2) is 7.00. The Morgan fingerprint density at radius 2 is 2.16 bits per heavy atom. The van der Waals surface area contributed by atoms with Crippen molar-refractivity contribution in [2.45, 2.75) is 51.6 Å². The van der Waals surface area contributed by atoms with Crippen LogP contribution in [-0.4, -0.2) is 6.10 Å². The van der Waals surface area contributed by atoms with Gasteiger partial charge in [-0.2, -0.15) is 0 Å². The molecule has 0 amide bonds. The first-order valence-corrected chi connectivity index (χ1v) is 7.64. The molecule has 0 bridgehead atoms. The van der Waals surface area contributed by atoms with Crippen molar-refractivity contribution in [2.75, 3.05) is 0 Å². The van der Waals surface area contributed by atoms with Gasteiger partial charge in [-0.25, -0.2) is 0 Å². The lowest BCUT2D eigenvalue weighted by Crippen LogP contribution is -2.28. The molecule has 0 spiro atoms. The Morgan fingerprint density at radius 1 is 1.37 bits per heavy atom. The Labute approximate surface area is 121 Å². The van der Waals surface area contributed by atoms with Crippen LogP contribution in [0.4, 0.5) is 0 Å². The minimum Gasteiger partial charge on any atom is -0.489 e. The van der Waals surface area contributed by atoms with Gasteiger partial charge in [-0.3, -0.25) is 0 Å². The average Bonchev–Trinajstić information content (AvgIpc) is 2.41. The lowest BCUT2D eigenvalue weighted by molar-refractivity contribution is 0.103. The number of rotatable bonds is 5. The van der Waals surface area contributed by atoms with Crippen molar-refractivity contribution in [1.29, 1.82) is 0 Å². The fourth-order valence-electron chi connectivity index (χ4n) is 2.68. The van der Waals surface area contributed by atoms with Crippen LogP contribution in [0.3, 0.4) is 0 Å². The lowest BCUT2D eigenvalue weighted by atomic mass is 9.88. The minimum absolute atomic E-state index is 0.324. The molecule has 1 saturated carbocycles. The van der Waals surface area contributed by atoms with Crippen molar-refractivity contribution >= 4 is 11.6 Å². The molecule has 0 aromatic heterocycles. The first kappa shape index (κ1) is 14.5.